The van der Waals surface area contributed by atoms with Crippen molar-refractivity contribution in [2.75, 3.05) is 0 Å². The summed E-state index contributed by atoms with van der Waals surface area (Å²) in [6, 6.07) is 21.7. The molecule has 4 nitrogen and oxygen atoms in total. The Kier molecular flexibility index (Phi) is 5.94. The number of ketones is 2. The van der Waals surface area contributed by atoms with Crippen molar-refractivity contribution in [3.05, 3.63) is 106 Å². The van der Waals surface area contributed by atoms with E-state index in [0.717, 1.165) is 10.0 Å². The molecule has 0 saturated carbocycles. The van der Waals surface area contributed by atoms with E-state index >= 15 is 0 Å². The maximum atomic E-state index is 12.3. The lowest BCUT2D eigenvalue weighted by Gasteiger charge is -2.06. The molecule has 3 aromatic carbocycles. The van der Waals surface area contributed by atoms with Crippen LogP contribution in [0.5, 0.6) is 0 Å². The van der Waals surface area contributed by atoms with Crippen LogP contribution in [-0.4, -0.2) is 17.5 Å². The molecule has 0 aliphatic heterocycles. The van der Waals surface area contributed by atoms with E-state index in [1.807, 2.05) is 24.3 Å². The van der Waals surface area contributed by atoms with Gasteiger partial charge in [0.25, 0.3) is 0 Å². The monoisotopic (exact) mass is 422 g/mol. The molecule has 27 heavy (non-hydrogen) atoms. The fourth-order valence-electron chi connectivity index (χ4n) is 2.42. The number of hydrogen-bond donors (Lipinski definition) is 0. The predicted molar refractivity (Wildman–Crippen MR) is 105 cm³/mol. The molecular formula is C22H15BrO4. The Morgan fingerprint density at radius 3 is 1.78 bits per heavy atom. The molecule has 0 aliphatic carbocycles. The number of benzene rings is 3. The summed E-state index contributed by atoms with van der Waals surface area (Å²) in [5.74, 6) is -1.69. The van der Waals surface area contributed by atoms with Gasteiger partial charge in [0.05, 0.1) is 5.56 Å². The van der Waals surface area contributed by atoms with Crippen molar-refractivity contribution in [1.82, 2.24) is 0 Å². The standard InChI is InChI=1S/C22H15BrO4/c23-19-12-6-15(7-13-19)14-27-22(26)18-10-8-17(9-11-18)21(25)20(24)16-4-2-1-3-5-16/h1-13H,14H2. The molecular weight excluding hydrogens is 408 g/mol. The van der Waals surface area contributed by atoms with Crippen LogP contribution in [0.4, 0.5) is 0 Å². The molecule has 0 amide bonds. The highest BCUT2D eigenvalue weighted by Crippen LogP contribution is 2.13. The third-order valence-corrected chi connectivity index (χ3v) is 4.44. The van der Waals surface area contributed by atoms with E-state index < -0.39 is 17.5 Å². The molecule has 0 N–H and O–H groups in total. The van der Waals surface area contributed by atoms with Gasteiger partial charge in [0.15, 0.2) is 0 Å². The number of hydrogen-bond acceptors (Lipinski definition) is 4. The molecule has 0 aliphatic rings. The van der Waals surface area contributed by atoms with Gasteiger partial charge < -0.3 is 4.74 Å². The topological polar surface area (TPSA) is 60.4 Å². The first-order chi connectivity index (χ1) is 13.0. The van der Waals surface area contributed by atoms with Crippen molar-refractivity contribution in [3.63, 3.8) is 0 Å². The first kappa shape index (κ1) is 18.7. The molecule has 0 fully saturated rings. The zero-order chi connectivity index (χ0) is 19.2. The van der Waals surface area contributed by atoms with E-state index in [-0.39, 0.29) is 12.2 Å². The van der Waals surface area contributed by atoms with E-state index in [2.05, 4.69) is 15.9 Å². The zero-order valence-electron chi connectivity index (χ0n) is 14.2. The minimum atomic E-state index is -0.615. The second kappa shape index (κ2) is 8.56. The fraction of sp³-hybridized carbons (Fsp3) is 0.0455. The average molecular weight is 423 g/mol. The van der Waals surface area contributed by atoms with Crippen LogP contribution in [0.1, 0.15) is 36.6 Å². The molecule has 0 aromatic heterocycles. The molecule has 3 rings (SSSR count). The number of carbonyl (C=O) groups is 3. The van der Waals surface area contributed by atoms with Gasteiger partial charge in [0, 0.05) is 15.6 Å². The normalized spacial score (nSPS) is 10.3. The van der Waals surface area contributed by atoms with Crippen LogP contribution >= 0.6 is 15.9 Å². The lowest BCUT2D eigenvalue weighted by Crippen LogP contribution is -2.14. The van der Waals surface area contributed by atoms with Gasteiger partial charge in [-0.3, -0.25) is 9.59 Å². The molecule has 0 unspecified atom stereocenters. The molecule has 0 radical (unpaired) electrons. The summed E-state index contributed by atoms with van der Waals surface area (Å²) in [5.41, 5.74) is 1.75. The highest BCUT2D eigenvalue weighted by molar-refractivity contribution is 9.10. The third kappa shape index (κ3) is 4.77. The summed E-state index contributed by atoms with van der Waals surface area (Å²) in [4.78, 5) is 36.6. The Bertz CT molecular complexity index is 961. The van der Waals surface area contributed by atoms with Gasteiger partial charge in [-0.2, -0.15) is 0 Å². The number of esters is 1. The molecule has 0 spiro atoms. The second-order valence-electron chi connectivity index (χ2n) is 5.80. The largest absolute Gasteiger partial charge is 0.457 e. The number of Topliss-reactive ketones (excluding diaryl/α,β-unsaturated/α-hetero) is 2. The van der Waals surface area contributed by atoms with Crippen molar-refractivity contribution >= 4 is 33.5 Å². The van der Waals surface area contributed by atoms with Gasteiger partial charge in [-0.25, -0.2) is 4.79 Å². The van der Waals surface area contributed by atoms with E-state index in [1.54, 1.807) is 30.3 Å². The summed E-state index contributed by atoms with van der Waals surface area (Å²) in [7, 11) is 0. The Hall–Kier alpha value is -3.05. The maximum Gasteiger partial charge on any atom is 0.338 e. The Morgan fingerprint density at radius 1 is 0.667 bits per heavy atom. The van der Waals surface area contributed by atoms with Crippen LogP contribution in [0.3, 0.4) is 0 Å². The van der Waals surface area contributed by atoms with Gasteiger partial charge in [0.1, 0.15) is 6.61 Å². The van der Waals surface area contributed by atoms with Crippen molar-refractivity contribution in [3.8, 4) is 0 Å². The number of halogens is 1. The van der Waals surface area contributed by atoms with Gasteiger partial charge in [0.2, 0.25) is 11.6 Å². The first-order valence-electron chi connectivity index (χ1n) is 8.20. The van der Waals surface area contributed by atoms with Crippen LogP contribution in [0.25, 0.3) is 0 Å². The summed E-state index contributed by atoms with van der Waals surface area (Å²) in [5, 5.41) is 0. The minimum Gasteiger partial charge on any atom is -0.457 e. The molecule has 5 heteroatoms. The lowest BCUT2D eigenvalue weighted by molar-refractivity contribution is 0.0472. The molecule has 0 atom stereocenters. The Morgan fingerprint density at radius 2 is 1.19 bits per heavy atom. The third-order valence-electron chi connectivity index (χ3n) is 3.91. The summed E-state index contributed by atoms with van der Waals surface area (Å²) < 4.78 is 6.21. The van der Waals surface area contributed by atoms with Crippen LogP contribution in [-0.2, 0) is 11.3 Å². The minimum absolute atomic E-state index is 0.152. The smallest absolute Gasteiger partial charge is 0.338 e. The van der Waals surface area contributed by atoms with Gasteiger partial charge in [-0.05, 0) is 29.8 Å². The Labute approximate surface area is 164 Å². The average Bonchev–Trinajstić information content (AvgIpc) is 2.73. The molecule has 0 heterocycles. The van der Waals surface area contributed by atoms with Crippen molar-refractivity contribution in [1.29, 1.82) is 0 Å². The predicted octanol–water partition coefficient (Wildman–Crippen LogP) is 4.87. The Balaban J connectivity index is 1.64. The fourth-order valence-corrected chi connectivity index (χ4v) is 2.69. The van der Waals surface area contributed by atoms with E-state index in [9.17, 15) is 14.4 Å². The van der Waals surface area contributed by atoms with Crippen molar-refractivity contribution in [2.24, 2.45) is 0 Å². The summed E-state index contributed by atoms with van der Waals surface area (Å²) >= 11 is 3.35. The number of carbonyl (C=O) groups excluding carboxylic acids is 3. The van der Waals surface area contributed by atoms with Gasteiger partial charge >= 0.3 is 5.97 Å². The molecule has 3 aromatic rings. The summed E-state index contributed by atoms with van der Waals surface area (Å²) in [6.45, 7) is 0.152. The molecule has 0 saturated heterocycles. The highest BCUT2D eigenvalue weighted by atomic mass is 79.9. The van der Waals surface area contributed by atoms with Crippen LogP contribution < -0.4 is 0 Å². The number of ether oxygens (including phenoxy) is 1. The summed E-state index contributed by atoms with van der Waals surface area (Å²) in [6.07, 6.45) is 0. The molecule has 0 bridgehead atoms. The van der Waals surface area contributed by atoms with E-state index in [4.69, 9.17) is 4.74 Å². The van der Waals surface area contributed by atoms with E-state index in [0.29, 0.717) is 11.1 Å². The first-order valence-corrected chi connectivity index (χ1v) is 8.99. The van der Waals surface area contributed by atoms with Crippen molar-refractivity contribution < 1.29 is 19.1 Å². The van der Waals surface area contributed by atoms with E-state index in [1.165, 1.54) is 24.3 Å². The van der Waals surface area contributed by atoms with Crippen LogP contribution in [0.15, 0.2) is 83.3 Å². The molecule has 134 valence electrons. The van der Waals surface area contributed by atoms with Gasteiger partial charge in [-0.1, -0.05) is 70.5 Å². The second-order valence-corrected chi connectivity index (χ2v) is 6.72. The SMILES string of the molecule is O=C(OCc1ccc(Br)cc1)c1ccc(C(=O)C(=O)c2ccccc2)cc1. The number of rotatable bonds is 6. The zero-order valence-corrected chi connectivity index (χ0v) is 15.8. The highest BCUT2D eigenvalue weighted by Gasteiger charge is 2.18. The van der Waals surface area contributed by atoms with Crippen LogP contribution in [0.2, 0.25) is 0 Å². The maximum absolute atomic E-state index is 12.3. The van der Waals surface area contributed by atoms with Crippen molar-refractivity contribution in [2.45, 2.75) is 6.61 Å². The van der Waals surface area contributed by atoms with Gasteiger partial charge in [-0.15, -0.1) is 0 Å². The quantitative estimate of drug-likeness (QED) is 0.323. The lowest BCUT2D eigenvalue weighted by atomic mass is 10.0. The van der Waals surface area contributed by atoms with Crippen LogP contribution in [0, 0.1) is 0 Å².